The molecule has 1 aromatic heterocycles. The quantitative estimate of drug-likeness (QED) is 0.797. The fraction of sp³-hybridized carbons (Fsp3) is 0.333. The van der Waals surface area contributed by atoms with Gasteiger partial charge in [0.2, 0.25) is 0 Å². The Morgan fingerprint density at radius 3 is 3.15 bits per heavy atom. The molecule has 3 nitrogen and oxygen atoms in total. The Bertz CT molecular complexity index is 313. The van der Waals surface area contributed by atoms with E-state index in [0.717, 1.165) is 0 Å². The summed E-state index contributed by atoms with van der Waals surface area (Å²) >= 11 is 1.40. The van der Waals surface area contributed by atoms with Gasteiger partial charge in [-0.1, -0.05) is 6.07 Å². The van der Waals surface area contributed by atoms with Gasteiger partial charge in [-0.3, -0.25) is 4.79 Å². The average Bonchev–Trinajstić information content (AvgIpc) is 2.55. The number of carbonyl (C=O) groups is 1. The van der Waals surface area contributed by atoms with Gasteiger partial charge in [0, 0.05) is 6.04 Å². The van der Waals surface area contributed by atoms with Crippen molar-refractivity contribution in [2.24, 2.45) is 0 Å². The second-order valence-electron chi connectivity index (χ2n) is 2.71. The third-order valence-electron chi connectivity index (χ3n) is 1.52. The predicted octanol–water partition coefficient (Wildman–Crippen LogP) is 1.78. The van der Waals surface area contributed by atoms with Gasteiger partial charge in [-0.25, -0.2) is 0 Å². The number of hydrogen-bond donors (Lipinski definition) is 1. The first-order valence-electron chi connectivity index (χ1n) is 3.95. The lowest BCUT2D eigenvalue weighted by molar-refractivity contribution is 0.0945. The second kappa shape index (κ2) is 4.63. The summed E-state index contributed by atoms with van der Waals surface area (Å²) in [6.07, 6.45) is 0.344. The van der Waals surface area contributed by atoms with Crippen molar-refractivity contribution < 1.29 is 4.79 Å². The summed E-state index contributed by atoms with van der Waals surface area (Å²) < 4.78 is 0. The molecular weight excluding hydrogens is 184 g/mol. The predicted molar refractivity (Wildman–Crippen MR) is 51.5 cm³/mol. The van der Waals surface area contributed by atoms with E-state index in [1.165, 1.54) is 11.3 Å². The van der Waals surface area contributed by atoms with Crippen LogP contribution in [0.25, 0.3) is 0 Å². The van der Waals surface area contributed by atoms with Crippen molar-refractivity contribution >= 4 is 17.2 Å². The molecule has 0 fully saturated rings. The lowest BCUT2D eigenvalue weighted by Gasteiger charge is -2.08. The van der Waals surface area contributed by atoms with Gasteiger partial charge in [0.05, 0.1) is 17.4 Å². The first-order valence-corrected chi connectivity index (χ1v) is 4.83. The van der Waals surface area contributed by atoms with Gasteiger partial charge < -0.3 is 5.32 Å². The van der Waals surface area contributed by atoms with Gasteiger partial charge >= 0.3 is 0 Å². The molecule has 1 amide bonds. The zero-order valence-corrected chi connectivity index (χ0v) is 8.10. The highest BCUT2D eigenvalue weighted by atomic mass is 32.1. The van der Waals surface area contributed by atoms with Crippen LogP contribution in [0, 0.1) is 11.3 Å². The van der Waals surface area contributed by atoms with E-state index >= 15 is 0 Å². The number of nitrogens with one attached hydrogen (secondary N) is 1. The van der Waals surface area contributed by atoms with Crippen LogP contribution in [0.3, 0.4) is 0 Å². The Hall–Kier alpha value is -1.34. The third kappa shape index (κ3) is 2.88. The fourth-order valence-corrected chi connectivity index (χ4v) is 1.52. The van der Waals surface area contributed by atoms with Crippen LogP contribution in [0.15, 0.2) is 17.5 Å². The standard InChI is InChI=1S/C9H10N2OS/c1-7(4-5-10)11-9(12)8-3-2-6-13-8/h2-3,6-7H,4H2,1H3,(H,11,12). The van der Waals surface area contributed by atoms with E-state index in [0.29, 0.717) is 11.3 Å². The van der Waals surface area contributed by atoms with Crippen molar-refractivity contribution in [3.8, 4) is 6.07 Å². The van der Waals surface area contributed by atoms with Gasteiger partial charge in [-0.05, 0) is 18.4 Å². The van der Waals surface area contributed by atoms with E-state index < -0.39 is 0 Å². The molecule has 0 aliphatic heterocycles. The number of carbonyl (C=O) groups excluding carboxylic acids is 1. The summed E-state index contributed by atoms with van der Waals surface area (Å²) in [6, 6.07) is 5.51. The molecule has 0 bridgehead atoms. The minimum atomic E-state index is -0.0993. The summed E-state index contributed by atoms with van der Waals surface area (Å²) in [6.45, 7) is 1.81. The molecule has 4 heteroatoms. The van der Waals surface area contributed by atoms with E-state index in [2.05, 4.69) is 5.32 Å². The monoisotopic (exact) mass is 194 g/mol. The van der Waals surface area contributed by atoms with Crippen LogP contribution in [0.5, 0.6) is 0 Å². The molecule has 1 atom stereocenters. The Kier molecular flexibility index (Phi) is 3.47. The average molecular weight is 194 g/mol. The lowest BCUT2D eigenvalue weighted by Crippen LogP contribution is -2.31. The first kappa shape index (κ1) is 9.75. The van der Waals surface area contributed by atoms with Crippen molar-refractivity contribution in [2.75, 3.05) is 0 Å². The number of nitrogens with zero attached hydrogens (tertiary/aromatic N) is 1. The van der Waals surface area contributed by atoms with E-state index in [4.69, 9.17) is 5.26 Å². The van der Waals surface area contributed by atoms with Crippen molar-refractivity contribution in [3.63, 3.8) is 0 Å². The van der Waals surface area contributed by atoms with Crippen LogP contribution >= 0.6 is 11.3 Å². The zero-order valence-electron chi connectivity index (χ0n) is 7.28. The smallest absolute Gasteiger partial charge is 0.261 e. The Labute approximate surface area is 81.0 Å². The van der Waals surface area contributed by atoms with Crippen LogP contribution < -0.4 is 5.32 Å². The molecule has 1 N–H and O–H groups in total. The van der Waals surface area contributed by atoms with Crippen LogP contribution in [0.2, 0.25) is 0 Å². The lowest BCUT2D eigenvalue weighted by atomic mass is 10.2. The number of thiophene rings is 1. The van der Waals surface area contributed by atoms with Gasteiger partial charge in [-0.15, -0.1) is 11.3 Å². The number of nitriles is 1. The first-order chi connectivity index (χ1) is 6.24. The fourth-order valence-electron chi connectivity index (χ4n) is 0.891. The SMILES string of the molecule is CC(CC#N)NC(=O)c1cccs1. The highest BCUT2D eigenvalue weighted by Gasteiger charge is 2.09. The summed E-state index contributed by atoms with van der Waals surface area (Å²) in [7, 11) is 0. The molecule has 13 heavy (non-hydrogen) atoms. The molecule has 1 rings (SSSR count). The minimum absolute atomic E-state index is 0.0837. The molecule has 0 aliphatic carbocycles. The highest BCUT2D eigenvalue weighted by Crippen LogP contribution is 2.08. The third-order valence-corrected chi connectivity index (χ3v) is 2.39. The maximum absolute atomic E-state index is 11.4. The molecular formula is C9H10N2OS. The second-order valence-corrected chi connectivity index (χ2v) is 3.66. The molecule has 1 heterocycles. The van der Waals surface area contributed by atoms with Crippen LogP contribution in [0.4, 0.5) is 0 Å². The summed E-state index contributed by atoms with van der Waals surface area (Å²) in [5.41, 5.74) is 0. The van der Waals surface area contributed by atoms with Gasteiger partial charge in [0.1, 0.15) is 0 Å². The van der Waals surface area contributed by atoms with Crippen molar-refractivity contribution in [3.05, 3.63) is 22.4 Å². The topological polar surface area (TPSA) is 52.9 Å². The van der Waals surface area contributed by atoms with Gasteiger partial charge in [0.25, 0.3) is 5.91 Å². The molecule has 0 aliphatic rings. The summed E-state index contributed by atoms with van der Waals surface area (Å²) in [4.78, 5) is 12.1. The molecule has 0 saturated carbocycles. The number of rotatable bonds is 3. The van der Waals surface area contributed by atoms with E-state index in [9.17, 15) is 4.79 Å². The maximum Gasteiger partial charge on any atom is 0.261 e. The van der Waals surface area contributed by atoms with E-state index in [1.807, 2.05) is 24.4 Å². The van der Waals surface area contributed by atoms with Gasteiger partial charge in [0.15, 0.2) is 0 Å². The van der Waals surface area contributed by atoms with Crippen LogP contribution in [0.1, 0.15) is 23.0 Å². The normalized spacial score (nSPS) is 11.7. The number of hydrogen-bond acceptors (Lipinski definition) is 3. The molecule has 68 valence electrons. The van der Waals surface area contributed by atoms with Gasteiger partial charge in [-0.2, -0.15) is 5.26 Å². The van der Waals surface area contributed by atoms with Crippen molar-refractivity contribution in [1.29, 1.82) is 5.26 Å². The Balaban J connectivity index is 2.48. The zero-order chi connectivity index (χ0) is 9.68. The van der Waals surface area contributed by atoms with Crippen molar-refractivity contribution in [2.45, 2.75) is 19.4 Å². The maximum atomic E-state index is 11.4. The molecule has 1 aromatic rings. The van der Waals surface area contributed by atoms with E-state index in [1.54, 1.807) is 6.07 Å². The Morgan fingerprint density at radius 2 is 2.62 bits per heavy atom. The molecule has 0 spiro atoms. The van der Waals surface area contributed by atoms with E-state index in [-0.39, 0.29) is 11.9 Å². The Morgan fingerprint density at radius 1 is 1.85 bits per heavy atom. The summed E-state index contributed by atoms with van der Waals surface area (Å²) in [5, 5.41) is 13.0. The van der Waals surface area contributed by atoms with Crippen LogP contribution in [-0.4, -0.2) is 11.9 Å². The largest absolute Gasteiger partial charge is 0.348 e. The minimum Gasteiger partial charge on any atom is -0.348 e. The molecule has 0 aromatic carbocycles. The molecule has 1 unspecified atom stereocenters. The van der Waals surface area contributed by atoms with Crippen molar-refractivity contribution in [1.82, 2.24) is 5.32 Å². The molecule has 0 saturated heterocycles. The summed E-state index contributed by atoms with van der Waals surface area (Å²) in [5.74, 6) is -0.0993. The highest BCUT2D eigenvalue weighted by molar-refractivity contribution is 7.12. The number of amides is 1. The molecule has 0 radical (unpaired) electrons. The van der Waals surface area contributed by atoms with Crippen LogP contribution in [-0.2, 0) is 0 Å².